The van der Waals surface area contributed by atoms with Crippen LogP contribution >= 0.6 is 0 Å². The average molecular weight is 429 g/mol. The summed E-state index contributed by atoms with van der Waals surface area (Å²) < 4.78 is 38.8. The van der Waals surface area contributed by atoms with Crippen molar-refractivity contribution in [3.63, 3.8) is 0 Å². The van der Waals surface area contributed by atoms with Crippen LogP contribution in [0.15, 0.2) is 50.3 Å². The average Bonchev–Trinajstić information content (AvgIpc) is 3.46. The third-order valence-corrected chi connectivity index (χ3v) is 7.74. The Balaban J connectivity index is 1.22. The molecule has 0 atom stereocenters. The van der Waals surface area contributed by atoms with E-state index in [9.17, 15) is 8.42 Å². The standard InChI is InChI=1S/C21H24N4O4S/c26-30(27,18-8-7-16-4-1-2-5-17(16)14-18)25-11-9-24(10-12-25)15-20-22-23-21(29-20)19-6-3-13-28-19/h3,6-8,13-14H,1-2,4-5,9-12,15H2. The van der Waals surface area contributed by atoms with Gasteiger partial charge in [-0.15, -0.1) is 10.2 Å². The van der Waals surface area contributed by atoms with Crippen LogP contribution in [-0.2, 0) is 29.4 Å². The number of nitrogens with zero attached hydrogens (tertiary/aromatic N) is 4. The summed E-state index contributed by atoms with van der Waals surface area (Å²) in [6.07, 6.45) is 5.89. The molecule has 0 N–H and O–H groups in total. The van der Waals surface area contributed by atoms with Crippen LogP contribution in [0.2, 0.25) is 0 Å². The largest absolute Gasteiger partial charge is 0.459 e. The fraction of sp³-hybridized carbons (Fsp3) is 0.429. The Labute approximate surface area is 175 Å². The number of hydrogen-bond donors (Lipinski definition) is 0. The van der Waals surface area contributed by atoms with Gasteiger partial charge in [0.2, 0.25) is 15.9 Å². The maximum Gasteiger partial charge on any atom is 0.283 e. The van der Waals surface area contributed by atoms with Crippen LogP contribution < -0.4 is 0 Å². The lowest BCUT2D eigenvalue weighted by molar-refractivity contribution is 0.168. The first-order valence-electron chi connectivity index (χ1n) is 10.3. The lowest BCUT2D eigenvalue weighted by Gasteiger charge is -2.33. The maximum absolute atomic E-state index is 13.1. The van der Waals surface area contributed by atoms with Gasteiger partial charge in [-0.25, -0.2) is 8.42 Å². The smallest absolute Gasteiger partial charge is 0.283 e. The van der Waals surface area contributed by atoms with Crippen molar-refractivity contribution in [2.45, 2.75) is 37.1 Å². The maximum atomic E-state index is 13.1. The summed E-state index contributed by atoms with van der Waals surface area (Å²) in [6.45, 7) is 2.60. The van der Waals surface area contributed by atoms with E-state index >= 15 is 0 Å². The Morgan fingerprint density at radius 3 is 2.53 bits per heavy atom. The molecule has 0 spiro atoms. The molecule has 1 fully saturated rings. The van der Waals surface area contributed by atoms with Gasteiger partial charge < -0.3 is 8.83 Å². The number of sulfonamides is 1. The molecule has 1 aliphatic heterocycles. The van der Waals surface area contributed by atoms with E-state index in [1.807, 2.05) is 12.1 Å². The van der Waals surface area contributed by atoms with Gasteiger partial charge in [0.1, 0.15) is 0 Å². The Morgan fingerprint density at radius 2 is 1.77 bits per heavy atom. The number of rotatable bonds is 5. The van der Waals surface area contributed by atoms with Crippen molar-refractivity contribution in [2.75, 3.05) is 26.2 Å². The van der Waals surface area contributed by atoms with E-state index < -0.39 is 10.0 Å². The molecule has 0 unspecified atom stereocenters. The Hall–Kier alpha value is -2.49. The minimum absolute atomic E-state index is 0.351. The molecule has 30 heavy (non-hydrogen) atoms. The van der Waals surface area contributed by atoms with Crippen molar-refractivity contribution in [1.82, 2.24) is 19.4 Å². The minimum Gasteiger partial charge on any atom is -0.459 e. The van der Waals surface area contributed by atoms with E-state index in [1.54, 1.807) is 28.8 Å². The summed E-state index contributed by atoms with van der Waals surface area (Å²) in [6, 6.07) is 9.16. The van der Waals surface area contributed by atoms with Gasteiger partial charge in [0.15, 0.2) is 5.76 Å². The third kappa shape index (κ3) is 3.80. The number of aryl methyl sites for hydroxylation is 2. The van der Waals surface area contributed by atoms with Crippen LogP contribution in [0.1, 0.15) is 29.9 Å². The fourth-order valence-corrected chi connectivity index (χ4v) is 5.63. The van der Waals surface area contributed by atoms with Crippen LogP contribution in [0.4, 0.5) is 0 Å². The van der Waals surface area contributed by atoms with Crippen LogP contribution in [0.5, 0.6) is 0 Å². The van der Waals surface area contributed by atoms with E-state index in [1.165, 1.54) is 17.5 Å². The molecule has 158 valence electrons. The number of furan rings is 1. The summed E-state index contributed by atoms with van der Waals surface area (Å²) in [5, 5.41) is 8.08. The van der Waals surface area contributed by atoms with Gasteiger partial charge in [0, 0.05) is 26.2 Å². The van der Waals surface area contributed by atoms with E-state index in [2.05, 4.69) is 15.1 Å². The van der Waals surface area contributed by atoms with E-state index in [0.29, 0.717) is 55.2 Å². The highest BCUT2D eigenvalue weighted by atomic mass is 32.2. The first-order chi connectivity index (χ1) is 14.6. The summed E-state index contributed by atoms with van der Waals surface area (Å²) in [7, 11) is -3.47. The molecule has 3 aromatic rings. The van der Waals surface area contributed by atoms with E-state index in [4.69, 9.17) is 8.83 Å². The highest BCUT2D eigenvalue weighted by Crippen LogP contribution is 2.26. The zero-order valence-electron chi connectivity index (χ0n) is 16.7. The quantitative estimate of drug-likeness (QED) is 0.617. The summed E-state index contributed by atoms with van der Waals surface area (Å²) in [5.74, 6) is 1.38. The number of aromatic nitrogens is 2. The Bertz CT molecular complexity index is 1120. The van der Waals surface area contributed by atoms with Crippen molar-refractivity contribution in [3.05, 3.63) is 53.6 Å². The summed E-state index contributed by atoms with van der Waals surface area (Å²) in [4.78, 5) is 2.54. The molecule has 2 aromatic heterocycles. The molecule has 0 bridgehead atoms. The molecule has 5 rings (SSSR count). The zero-order valence-corrected chi connectivity index (χ0v) is 17.5. The van der Waals surface area contributed by atoms with Crippen LogP contribution in [-0.4, -0.2) is 54.0 Å². The second-order valence-corrected chi connectivity index (χ2v) is 9.73. The molecular weight excluding hydrogens is 404 g/mol. The SMILES string of the molecule is O=S(=O)(c1ccc2c(c1)CCCC2)N1CCN(Cc2nnc(-c3ccco3)o2)CC1. The molecule has 9 heteroatoms. The first kappa shape index (κ1) is 19.5. The number of fused-ring (bicyclic) bond motifs is 1. The third-order valence-electron chi connectivity index (χ3n) is 5.85. The molecule has 0 saturated carbocycles. The van der Waals surface area contributed by atoms with Crippen molar-refractivity contribution in [1.29, 1.82) is 0 Å². The van der Waals surface area contributed by atoms with Crippen molar-refractivity contribution < 1.29 is 17.3 Å². The van der Waals surface area contributed by atoms with Gasteiger partial charge in [-0.3, -0.25) is 4.90 Å². The molecule has 0 amide bonds. The molecule has 0 radical (unpaired) electrons. The van der Waals surface area contributed by atoms with E-state index in [0.717, 1.165) is 19.3 Å². The fourth-order valence-electron chi connectivity index (χ4n) is 4.16. The number of hydrogen-bond acceptors (Lipinski definition) is 7. The van der Waals surface area contributed by atoms with Crippen LogP contribution in [0.25, 0.3) is 11.7 Å². The zero-order chi connectivity index (χ0) is 20.6. The van der Waals surface area contributed by atoms with Crippen LogP contribution in [0, 0.1) is 0 Å². The highest BCUT2D eigenvalue weighted by Gasteiger charge is 2.29. The first-order valence-corrected chi connectivity index (χ1v) is 11.7. The monoisotopic (exact) mass is 428 g/mol. The topological polar surface area (TPSA) is 92.7 Å². The second kappa shape index (κ2) is 7.98. The predicted octanol–water partition coefficient (Wildman–Crippen LogP) is 2.71. The predicted molar refractivity (Wildman–Crippen MR) is 109 cm³/mol. The lowest BCUT2D eigenvalue weighted by atomic mass is 9.92. The highest BCUT2D eigenvalue weighted by molar-refractivity contribution is 7.89. The van der Waals surface area contributed by atoms with Gasteiger partial charge in [-0.1, -0.05) is 6.07 Å². The van der Waals surface area contributed by atoms with Gasteiger partial charge in [-0.2, -0.15) is 4.31 Å². The summed E-state index contributed by atoms with van der Waals surface area (Å²) in [5.41, 5.74) is 2.48. The number of benzene rings is 1. The van der Waals surface area contributed by atoms with Gasteiger partial charge in [0.05, 0.1) is 17.7 Å². The normalized spacial score (nSPS) is 18.4. The van der Waals surface area contributed by atoms with Crippen molar-refractivity contribution >= 4 is 10.0 Å². The van der Waals surface area contributed by atoms with Crippen LogP contribution in [0.3, 0.4) is 0 Å². The summed E-state index contributed by atoms with van der Waals surface area (Å²) >= 11 is 0. The van der Waals surface area contributed by atoms with Gasteiger partial charge in [0.25, 0.3) is 5.89 Å². The van der Waals surface area contributed by atoms with Crippen molar-refractivity contribution in [2.24, 2.45) is 0 Å². The molecule has 3 heterocycles. The van der Waals surface area contributed by atoms with Gasteiger partial charge in [-0.05, 0) is 61.1 Å². The Kier molecular flexibility index (Phi) is 5.18. The molecule has 1 aromatic carbocycles. The molecule has 2 aliphatic rings. The molecule has 1 aliphatic carbocycles. The van der Waals surface area contributed by atoms with Crippen molar-refractivity contribution in [3.8, 4) is 11.7 Å². The minimum atomic E-state index is -3.47. The van der Waals surface area contributed by atoms with E-state index in [-0.39, 0.29) is 0 Å². The Morgan fingerprint density at radius 1 is 0.967 bits per heavy atom. The van der Waals surface area contributed by atoms with Gasteiger partial charge >= 0.3 is 0 Å². The molecular formula is C21H24N4O4S. The second-order valence-electron chi connectivity index (χ2n) is 7.80. The number of piperazine rings is 1. The lowest BCUT2D eigenvalue weighted by Crippen LogP contribution is -2.48. The molecule has 8 nitrogen and oxygen atoms in total. The molecule has 1 saturated heterocycles.